The molecular formula is C7H7N3O4. The summed E-state index contributed by atoms with van der Waals surface area (Å²) in [5.41, 5.74) is -0.391. The quantitative estimate of drug-likeness (QED) is 0.352. The molecule has 0 saturated carbocycles. The Morgan fingerprint density at radius 3 is 2.57 bits per heavy atom. The smallest absolute Gasteiger partial charge is 0.426 e. The fraction of sp³-hybridized carbons (Fsp3) is 0. The van der Waals surface area contributed by atoms with Crippen LogP contribution in [0.5, 0.6) is 0 Å². The molecule has 1 aromatic rings. The molecule has 74 valence electrons. The van der Waals surface area contributed by atoms with Gasteiger partial charge in [0.25, 0.3) is 0 Å². The van der Waals surface area contributed by atoms with E-state index in [1.54, 1.807) is 0 Å². The average molecular weight is 197 g/mol. The fourth-order valence-corrected chi connectivity index (χ4v) is 0.865. The van der Waals surface area contributed by atoms with Gasteiger partial charge in [0.2, 0.25) is 0 Å². The molecule has 0 atom stereocenters. The first-order chi connectivity index (χ1) is 6.54. The molecule has 0 unspecified atom stereocenters. The second-order valence-electron chi connectivity index (χ2n) is 2.35. The molecule has 0 aliphatic rings. The number of anilines is 1. The number of nitrogens with two attached hydrogens (primary N) is 1. The van der Waals surface area contributed by atoms with E-state index in [2.05, 4.69) is 4.98 Å². The van der Waals surface area contributed by atoms with E-state index in [9.17, 15) is 9.59 Å². The Balaban J connectivity index is 3.19. The minimum absolute atomic E-state index is 0.125. The third-order valence-electron chi connectivity index (χ3n) is 1.49. The Morgan fingerprint density at radius 1 is 1.43 bits per heavy atom. The lowest BCUT2D eigenvalue weighted by Crippen LogP contribution is -2.37. The van der Waals surface area contributed by atoms with Crippen molar-refractivity contribution in [2.24, 2.45) is 5.84 Å². The van der Waals surface area contributed by atoms with Crippen LogP contribution in [0, 0.1) is 0 Å². The number of aromatic nitrogens is 1. The summed E-state index contributed by atoms with van der Waals surface area (Å²) in [4.78, 5) is 24.6. The van der Waals surface area contributed by atoms with Crippen LogP contribution in [0.25, 0.3) is 0 Å². The Bertz CT molecular complexity index is 379. The molecule has 1 heterocycles. The van der Waals surface area contributed by atoms with Crippen LogP contribution in [0.2, 0.25) is 0 Å². The maximum absolute atomic E-state index is 10.6. The minimum Gasteiger partial charge on any atom is -0.478 e. The highest BCUT2D eigenvalue weighted by atomic mass is 16.4. The number of rotatable bonds is 2. The highest BCUT2D eigenvalue weighted by Crippen LogP contribution is 2.16. The summed E-state index contributed by atoms with van der Waals surface area (Å²) >= 11 is 0. The van der Waals surface area contributed by atoms with E-state index in [4.69, 9.17) is 16.1 Å². The lowest BCUT2D eigenvalue weighted by atomic mass is 10.2. The highest BCUT2D eigenvalue weighted by Gasteiger charge is 2.17. The number of nitrogens with zero attached hydrogens (tertiary/aromatic N) is 2. The second kappa shape index (κ2) is 3.71. The first-order valence-electron chi connectivity index (χ1n) is 3.49. The van der Waals surface area contributed by atoms with E-state index in [1.807, 2.05) is 0 Å². The molecular weight excluding hydrogens is 190 g/mol. The molecule has 1 rings (SSSR count). The zero-order chi connectivity index (χ0) is 10.7. The molecule has 0 saturated heterocycles. The summed E-state index contributed by atoms with van der Waals surface area (Å²) in [6.07, 6.45) is 0.837. The van der Waals surface area contributed by atoms with Gasteiger partial charge in [0.1, 0.15) is 5.56 Å². The Kier molecular flexibility index (Phi) is 2.63. The predicted molar refractivity (Wildman–Crippen MR) is 45.9 cm³/mol. The lowest BCUT2D eigenvalue weighted by Gasteiger charge is -2.13. The summed E-state index contributed by atoms with van der Waals surface area (Å²) in [5.74, 6) is 3.83. The van der Waals surface area contributed by atoms with Crippen molar-refractivity contribution in [1.29, 1.82) is 0 Å². The standard InChI is InChI=1S/C7H7N3O4/c8-10(7(13)14)5-1-2-9-3-4(5)6(11)12/h1-3H,8H2,(H,11,12)(H,13,14). The summed E-state index contributed by atoms with van der Waals surface area (Å²) in [7, 11) is 0. The van der Waals surface area contributed by atoms with Crippen LogP contribution in [-0.2, 0) is 0 Å². The molecule has 14 heavy (non-hydrogen) atoms. The molecule has 0 spiro atoms. The van der Waals surface area contributed by atoms with Gasteiger partial charge in [-0.15, -0.1) is 0 Å². The van der Waals surface area contributed by atoms with Crippen molar-refractivity contribution in [3.8, 4) is 0 Å². The zero-order valence-electron chi connectivity index (χ0n) is 6.91. The number of hydrogen-bond donors (Lipinski definition) is 3. The fourth-order valence-electron chi connectivity index (χ4n) is 0.865. The van der Waals surface area contributed by atoms with Gasteiger partial charge >= 0.3 is 12.1 Å². The molecule has 0 aliphatic carbocycles. The van der Waals surface area contributed by atoms with Crippen molar-refractivity contribution in [2.45, 2.75) is 0 Å². The Labute approximate surface area is 78.4 Å². The van der Waals surface area contributed by atoms with Crippen LogP contribution in [0.15, 0.2) is 18.5 Å². The van der Waals surface area contributed by atoms with E-state index in [1.165, 1.54) is 12.3 Å². The largest absolute Gasteiger partial charge is 0.478 e. The second-order valence-corrected chi connectivity index (χ2v) is 2.35. The predicted octanol–water partition coefficient (Wildman–Crippen LogP) is 0.138. The van der Waals surface area contributed by atoms with Gasteiger partial charge in [0.15, 0.2) is 0 Å². The molecule has 0 aliphatic heterocycles. The van der Waals surface area contributed by atoms with Crippen LogP contribution in [-0.4, -0.2) is 27.3 Å². The van der Waals surface area contributed by atoms with Crippen LogP contribution in [0.4, 0.5) is 10.5 Å². The number of pyridine rings is 1. The van der Waals surface area contributed by atoms with Gasteiger partial charge in [-0.1, -0.05) is 0 Å². The lowest BCUT2D eigenvalue weighted by molar-refractivity contribution is 0.0697. The zero-order valence-corrected chi connectivity index (χ0v) is 6.91. The van der Waals surface area contributed by atoms with Crippen molar-refractivity contribution in [3.05, 3.63) is 24.0 Å². The van der Waals surface area contributed by atoms with E-state index < -0.39 is 12.1 Å². The third-order valence-corrected chi connectivity index (χ3v) is 1.49. The van der Waals surface area contributed by atoms with Crippen molar-refractivity contribution < 1.29 is 19.8 Å². The summed E-state index contributed by atoms with van der Waals surface area (Å²) in [6.45, 7) is 0. The summed E-state index contributed by atoms with van der Waals surface area (Å²) < 4.78 is 0. The van der Waals surface area contributed by atoms with Crippen LogP contribution >= 0.6 is 0 Å². The maximum Gasteiger partial charge on any atom is 0.426 e. The van der Waals surface area contributed by atoms with E-state index in [-0.39, 0.29) is 11.3 Å². The molecule has 0 bridgehead atoms. The van der Waals surface area contributed by atoms with Gasteiger partial charge in [-0.2, -0.15) is 0 Å². The van der Waals surface area contributed by atoms with E-state index in [0.717, 1.165) is 6.20 Å². The van der Waals surface area contributed by atoms with Crippen molar-refractivity contribution in [1.82, 2.24) is 4.98 Å². The van der Waals surface area contributed by atoms with Gasteiger partial charge in [0.05, 0.1) is 5.69 Å². The monoisotopic (exact) mass is 197 g/mol. The van der Waals surface area contributed by atoms with E-state index >= 15 is 0 Å². The highest BCUT2D eigenvalue weighted by molar-refractivity contribution is 5.98. The van der Waals surface area contributed by atoms with Gasteiger partial charge in [-0.05, 0) is 6.07 Å². The topological polar surface area (TPSA) is 117 Å². The molecule has 1 amide bonds. The number of hydrazine groups is 1. The van der Waals surface area contributed by atoms with Crippen molar-refractivity contribution in [2.75, 3.05) is 5.01 Å². The molecule has 0 radical (unpaired) electrons. The molecule has 1 aromatic heterocycles. The van der Waals surface area contributed by atoms with Crippen molar-refractivity contribution >= 4 is 17.7 Å². The number of carboxylic acids is 1. The SMILES string of the molecule is NN(C(=O)O)c1ccncc1C(=O)O. The number of hydrogen-bond acceptors (Lipinski definition) is 4. The van der Waals surface area contributed by atoms with E-state index in [0.29, 0.717) is 5.01 Å². The summed E-state index contributed by atoms with van der Waals surface area (Å²) in [6, 6.07) is 1.21. The Hall–Kier alpha value is -2.15. The van der Waals surface area contributed by atoms with Crippen LogP contribution < -0.4 is 10.9 Å². The molecule has 7 heteroatoms. The normalized spacial score (nSPS) is 9.50. The number of amides is 1. The van der Waals surface area contributed by atoms with Gasteiger partial charge in [0, 0.05) is 12.4 Å². The summed E-state index contributed by atoms with van der Waals surface area (Å²) in [5, 5.41) is 17.5. The molecule has 7 nitrogen and oxygen atoms in total. The van der Waals surface area contributed by atoms with Crippen LogP contribution in [0.1, 0.15) is 10.4 Å². The number of carboxylic acid groups (broad SMARTS) is 2. The van der Waals surface area contributed by atoms with Gasteiger partial charge in [-0.25, -0.2) is 20.4 Å². The van der Waals surface area contributed by atoms with Crippen LogP contribution in [0.3, 0.4) is 0 Å². The van der Waals surface area contributed by atoms with Gasteiger partial charge < -0.3 is 10.2 Å². The molecule has 0 aromatic carbocycles. The van der Waals surface area contributed by atoms with Crippen molar-refractivity contribution in [3.63, 3.8) is 0 Å². The molecule has 4 N–H and O–H groups in total. The molecule has 0 fully saturated rings. The maximum atomic E-state index is 10.6. The first-order valence-corrected chi connectivity index (χ1v) is 3.49. The third kappa shape index (κ3) is 1.77. The minimum atomic E-state index is -1.45. The first kappa shape index (κ1) is 9.93. The average Bonchev–Trinajstić information content (AvgIpc) is 2.16. The number of aromatic carboxylic acids is 1. The number of carbonyl (C=O) groups is 2. The van der Waals surface area contributed by atoms with Gasteiger partial charge in [-0.3, -0.25) is 4.98 Å². The Morgan fingerprint density at radius 2 is 2.07 bits per heavy atom.